The Bertz CT molecular complexity index is 2280. The highest BCUT2D eigenvalue weighted by molar-refractivity contribution is 6.23. The number of fused-ring (bicyclic) bond motifs is 3. The van der Waals surface area contributed by atoms with Gasteiger partial charge in [-0.05, 0) is 141 Å². The lowest BCUT2D eigenvalue weighted by molar-refractivity contribution is 0.795. The van der Waals surface area contributed by atoms with Crippen molar-refractivity contribution >= 4 is 55.7 Å². The molecule has 0 saturated heterocycles. The van der Waals surface area contributed by atoms with E-state index in [0.717, 1.165) is 35.6 Å². The molecular weight excluding hydrogens is 629 g/mol. The number of unbranched alkanes of at least 4 members (excludes halogenated alkanes) is 2. The van der Waals surface area contributed by atoms with Crippen LogP contribution < -0.4 is 9.80 Å². The van der Waals surface area contributed by atoms with Gasteiger partial charge in [0.25, 0.3) is 0 Å². The Balaban J connectivity index is 1.62. The molecule has 0 saturated carbocycles. The van der Waals surface area contributed by atoms with Crippen LogP contribution in [0.4, 0.5) is 34.1 Å². The summed E-state index contributed by atoms with van der Waals surface area (Å²) in [6.45, 7) is 13.4. The largest absolute Gasteiger partial charge is 0.308 e. The maximum absolute atomic E-state index is 2.51. The molecule has 0 unspecified atom stereocenters. The summed E-state index contributed by atoms with van der Waals surface area (Å²) < 4.78 is 0. The molecule has 52 heavy (non-hydrogen) atoms. The van der Waals surface area contributed by atoms with Crippen molar-refractivity contribution in [2.75, 3.05) is 9.80 Å². The van der Waals surface area contributed by atoms with Crippen LogP contribution >= 0.6 is 0 Å². The van der Waals surface area contributed by atoms with Crippen LogP contribution in [0.15, 0.2) is 133 Å². The minimum absolute atomic E-state index is 1.10. The quantitative estimate of drug-likeness (QED) is 0.0936. The number of hydrogen-bond acceptors (Lipinski definition) is 2. The minimum atomic E-state index is 1.10. The molecule has 262 valence electrons. The Labute approximate surface area is 311 Å². The average Bonchev–Trinajstić information content (AvgIpc) is 3.17. The molecule has 7 aromatic rings. The Morgan fingerprint density at radius 1 is 0.385 bits per heavy atom. The number of hydrogen-bond donors (Lipinski definition) is 0. The molecule has 0 aliphatic rings. The fourth-order valence-corrected chi connectivity index (χ4v) is 7.45. The smallest absolute Gasteiger partial charge is 0.0788 e. The summed E-state index contributed by atoms with van der Waals surface area (Å²) >= 11 is 0. The van der Waals surface area contributed by atoms with Crippen LogP contribution in [0, 0.1) is 27.7 Å². The first-order valence-corrected chi connectivity index (χ1v) is 19.2. The minimum Gasteiger partial charge on any atom is -0.308 e. The molecule has 0 radical (unpaired) electrons. The van der Waals surface area contributed by atoms with E-state index in [0.29, 0.717) is 0 Å². The predicted molar refractivity (Wildman–Crippen MR) is 227 cm³/mol. The normalized spacial score (nSPS) is 11.3. The van der Waals surface area contributed by atoms with Gasteiger partial charge in [-0.2, -0.15) is 0 Å². The first kappa shape index (κ1) is 35.1. The summed E-state index contributed by atoms with van der Waals surface area (Å²) in [5.74, 6) is 0. The Hall–Kier alpha value is -5.34. The SMILES string of the molecule is CCCCc1ccc(N(c2ccc(C)cc2)c2c(N(c3ccc(C)cc3)c3ccc(CCCC)cc3)c3cc(C)c(C)cc3c3ccccc23)cc1. The standard InChI is InChI=1S/C50H52N2/c1-7-9-13-39-21-29-43(30-22-39)51(41-25-17-35(3)18-26-41)49-46-16-12-11-15-45(46)47-33-37(5)38(6)34-48(47)50(49)52(42-27-19-36(4)20-28-42)44-31-23-40(24-32-44)14-10-8-2/h11-12,15-34H,7-10,13-14H2,1-6H3. The van der Waals surface area contributed by atoms with Gasteiger partial charge in [-0.15, -0.1) is 0 Å². The molecular formula is C50H52N2. The average molecular weight is 681 g/mol. The number of benzene rings is 7. The summed E-state index contributed by atoms with van der Waals surface area (Å²) in [5, 5.41) is 4.99. The second-order valence-electron chi connectivity index (χ2n) is 14.6. The molecule has 0 amide bonds. The van der Waals surface area contributed by atoms with E-state index in [2.05, 4.69) is 185 Å². The summed E-state index contributed by atoms with van der Waals surface area (Å²) in [6.07, 6.45) is 6.97. The van der Waals surface area contributed by atoms with Crippen molar-refractivity contribution in [3.63, 3.8) is 0 Å². The van der Waals surface area contributed by atoms with E-state index in [4.69, 9.17) is 0 Å². The van der Waals surface area contributed by atoms with Crippen molar-refractivity contribution in [1.82, 2.24) is 0 Å². The molecule has 2 nitrogen and oxygen atoms in total. The van der Waals surface area contributed by atoms with E-state index in [1.807, 2.05) is 0 Å². The molecule has 2 heteroatoms. The molecule has 7 rings (SSSR count). The molecule has 0 bridgehead atoms. The Kier molecular flexibility index (Phi) is 10.5. The second-order valence-corrected chi connectivity index (χ2v) is 14.6. The fourth-order valence-electron chi connectivity index (χ4n) is 7.45. The van der Waals surface area contributed by atoms with E-state index in [1.165, 1.54) is 92.0 Å². The predicted octanol–water partition coefficient (Wildman–Crippen LogP) is 14.9. The lowest BCUT2D eigenvalue weighted by Gasteiger charge is -2.36. The summed E-state index contributed by atoms with van der Waals surface area (Å²) in [7, 11) is 0. The highest BCUT2D eigenvalue weighted by Crippen LogP contribution is 2.53. The molecule has 0 atom stereocenters. The number of aryl methyl sites for hydroxylation is 6. The van der Waals surface area contributed by atoms with E-state index in [9.17, 15) is 0 Å². The van der Waals surface area contributed by atoms with Crippen molar-refractivity contribution in [3.05, 3.63) is 167 Å². The third-order valence-electron chi connectivity index (χ3n) is 10.6. The maximum Gasteiger partial charge on any atom is 0.0788 e. The number of anilines is 6. The van der Waals surface area contributed by atoms with E-state index in [-0.39, 0.29) is 0 Å². The van der Waals surface area contributed by atoms with Gasteiger partial charge >= 0.3 is 0 Å². The Morgan fingerprint density at radius 2 is 0.750 bits per heavy atom. The number of rotatable bonds is 12. The monoisotopic (exact) mass is 680 g/mol. The van der Waals surface area contributed by atoms with Crippen LogP contribution in [-0.4, -0.2) is 0 Å². The van der Waals surface area contributed by atoms with Crippen LogP contribution in [0.3, 0.4) is 0 Å². The lowest BCUT2D eigenvalue weighted by atomic mass is 9.92. The van der Waals surface area contributed by atoms with Gasteiger partial charge in [0.2, 0.25) is 0 Å². The molecule has 0 heterocycles. The van der Waals surface area contributed by atoms with Crippen molar-refractivity contribution < 1.29 is 0 Å². The van der Waals surface area contributed by atoms with E-state index < -0.39 is 0 Å². The molecule has 7 aromatic carbocycles. The summed E-state index contributed by atoms with van der Waals surface area (Å²) in [6, 6.07) is 50.5. The highest BCUT2D eigenvalue weighted by atomic mass is 15.2. The van der Waals surface area contributed by atoms with Crippen LogP contribution in [-0.2, 0) is 12.8 Å². The molecule has 0 aliphatic heterocycles. The zero-order valence-electron chi connectivity index (χ0n) is 31.8. The van der Waals surface area contributed by atoms with Crippen molar-refractivity contribution in [2.45, 2.75) is 80.1 Å². The van der Waals surface area contributed by atoms with Crippen LogP contribution in [0.5, 0.6) is 0 Å². The maximum atomic E-state index is 2.51. The van der Waals surface area contributed by atoms with E-state index >= 15 is 0 Å². The first-order valence-electron chi connectivity index (χ1n) is 19.2. The lowest BCUT2D eigenvalue weighted by Crippen LogP contribution is -2.18. The van der Waals surface area contributed by atoms with Gasteiger partial charge in [-0.25, -0.2) is 0 Å². The van der Waals surface area contributed by atoms with Gasteiger partial charge in [-0.1, -0.05) is 117 Å². The molecule has 0 aromatic heterocycles. The third kappa shape index (κ3) is 7.08. The molecule has 0 spiro atoms. The second kappa shape index (κ2) is 15.5. The zero-order chi connectivity index (χ0) is 36.2. The third-order valence-corrected chi connectivity index (χ3v) is 10.6. The van der Waals surface area contributed by atoms with Crippen molar-refractivity contribution in [3.8, 4) is 0 Å². The zero-order valence-corrected chi connectivity index (χ0v) is 31.8. The van der Waals surface area contributed by atoms with Gasteiger partial charge in [-0.3, -0.25) is 0 Å². The topological polar surface area (TPSA) is 6.48 Å². The molecule has 0 fully saturated rings. The molecule has 0 aliphatic carbocycles. The van der Waals surface area contributed by atoms with Crippen molar-refractivity contribution in [1.29, 1.82) is 0 Å². The van der Waals surface area contributed by atoms with Crippen LogP contribution in [0.2, 0.25) is 0 Å². The van der Waals surface area contributed by atoms with Crippen LogP contribution in [0.25, 0.3) is 21.5 Å². The van der Waals surface area contributed by atoms with Gasteiger partial charge in [0.05, 0.1) is 11.4 Å². The van der Waals surface area contributed by atoms with Gasteiger partial charge < -0.3 is 9.80 Å². The van der Waals surface area contributed by atoms with Crippen molar-refractivity contribution in [2.24, 2.45) is 0 Å². The van der Waals surface area contributed by atoms with Gasteiger partial charge in [0.1, 0.15) is 0 Å². The Morgan fingerprint density at radius 3 is 1.17 bits per heavy atom. The highest BCUT2D eigenvalue weighted by Gasteiger charge is 2.28. The number of nitrogens with zero attached hydrogens (tertiary/aromatic N) is 2. The van der Waals surface area contributed by atoms with Gasteiger partial charge in [0.15, 0.2) is 0 Å². The molecule has 0 N–H and O–H groups in total. The summed E-state index contributed by atoms with van der Waals surface area (Å²) in [5.41, 5.74) is 14.8. The fraction of sp³-hybridized carbons (Fsp3) is 0.240. The first-order chi connectivity index (χ1) is 25.4. The summed E-state index contributed by atoms with van der Waals surface area (Å²) in [4.78, 5) is 5.02. The van der Waals surface area contributed by atoms with Gasteiger partial charge in [0, 0.05) is 33.5 Å². The van der Waals surface area contributed by atoms with Crippen LogP contribution in [0.1, 0.15) is 72.9 Å². The van der Waals surface area contributed by atoms with E-state index in [1.54, 1.807) is 0 Å².